The maximum Gasteiger partial charge on any atom is 0.257 e. The van der Waals surface area contributed by atoms with Crippen LogP contribution in [0.2, 0.25) is 0 Å². The molecule has 0 saturated heterocycles. The molecule has 1 N–H and O–H groups in total. The van der Waals surface area contributed by atoms with Gasteiger partial charge in [-0.1, -0.05) is 23.5 Å². The maximum absolute atomic E-state index is 12.3. The standard InChI is InChI=1S/C18H15N3O4S/c1-23-12-8-6-11(7-9-12)16(22)19-18-21-20-17(26-18)15-10-24-13-4-2-3-5-14(13)25-15/h2-9,15H,10H2,1H3,(H,19,21,22). The molecule has 132 valence electrons. The number of carbonyl (C=O) groups excluding carboxylic acids is 1. The zero-order valence-corrected chi connectivity index (χ0v) is 14.7. The van der Waals surface area contributed by atoms with Gasteiger partial charge in [-0.2, -0.15) is 0 Å². The molecule has 4 rings (SSSR count). The fourth-order valence-corrected chi connectivity index (χ4v) is 3.22. The summed E-state index contributed by atoms with van der Waals surface area (Å²) in [5.74, 6) is 1.81. The third kappa shape index (κ3) is 3.31. The molecule has 0 aliphatic carbocycles. The van der Waals surface area contributed by atoms with Crippen molar-refractivity contribution in [3.8, 4) is 17.2 Å². The highest BCUT2D eigenvalue weighted by Crippen LogP contribution is 2.37. The fourth-order valence-electron chi connectivity index (χ4n) is 2.47. The topological polar surface area (TPSA) is 82.6 Å². The average molecular weight is 369 g/mol. The lowest BCUT2D eigenvalue weighted by atomic mass is 10.2. The number of para-hydroxylation sites is 2. The largest absolute Gasteiger partial charge is 0.497 e. The predicted octanol–water partition coefficient (Wildman–Crippen LogP) is 3.31. The highest BCUT2D eigenvalue weighted by atomic mass is 32.1. The second-order valence-corrected chi connectivity index (χ2v) is 6.50. The highest BCUT2D eigenvalue weighted by molar-refractivity contribution is 7.15. The van der Waals surface area contributed by atoms with Crippen LogP contribution in [0.25, 0.3) is 0 Å². The first-order chi connectivity index (χ1) is 12.7. The molecule has 0 fully saturated rings. The molecule has 0 saturated carbocycles. The van der Waals surface area contributed by atoms with Crippen LogP contribution in [-0.4, -0.2) is 29.8 Å². The Labute approximate surface area is 153 Å². The smallest absolute Gasteiger partial charge is 0.257 e. The number of hydrogen-bond donors (Lipinski definition) is 1. The van der Waals surface area contributed by atoms with Crippen molar-refractivity contribution in [3.63, 3.8) is 0 Å². The number of hydrogen-bond acceptors (Lipinski definition) is 7. The second-order valence-electron chi connectivity index (χ2n) is 5.49. The summed E-state index contributed by atoms with van der Waals surface area (Å²) < 4.78 is 16.7. The van der Waals surface area contributed by atoms with E-state index >= 15 is 0 Å². The molecular formula is C18H15N3O4S. The third-order valence-electron chi connectivity index (χ3n) is 3.80. The molecule has 2 heterocycles. The average Bonchev–Trinajstić information content (AvgIpc) is 3.16. The minimum atomic E-state index is -0.353. The number of ether oxygens (including phenoxy) is 3. The monoisotopic (exact) mass is 369 g/mol. The molecule has 26 heavy (non-hydrogen) atoms. The van der Waals surface area contributed by atoms with Gasteiger partial charge in [0.25, 0.3) is 5.91 Å². The highest BCUT2D eigenvalue weighted by Gasteiger charge is 2.26. The fraction of sp³-hybridized carbons (Fsp3) is 0.167. The number of rotatable bonds is 4. The molecule has 1 aliphatic heterocycles. The predicted molar refractivity (Wildman–Crippen MR) is 96.2 cm³/mol. The van der Waals surface area contributed by atoms with E-state index in [2.05, 4.69) is 15.5 Å². The molecule has 1 aromatic heterocycles. The molecule has 8 heteroatoms. The van der Waals surface area contributed by atoms with Crippen molar-refractivity contribution >= 4 is 22.4 Å². The quantitative estimate of drug-likeness (QED) is 0.760. The van der Waals surface area contributed by atoms with E-state index in [1.54, 1.807) is 31.4 Å². The molecule has 1 atom stereocenters. The second kappa shape index (κ2) is 7.01. The molecule has 0 spiro atoms. The van der Waals surface area contributed by atoms with Gasteiger partial charge in [-0.15, -0.1) is 10.2 Å². The van der Waals surface area contributed by atoms with Crippen LogP contribution in [0.4, 0.5) is 5.13 Å². The zero-order chi connectivity index (χ0) is 17.9. The van der Waals surface area contributed by atoms with E-state index < -0.39 is 0 Å². The van der Waals surface area contributed by atoms with E-state index in [0.717, 1.165) is 0 Å². The van der Waals surface area contributed by atoms with E-state index in [9.17, 15) is 4.79 Å². The Kier molecular flexibility index (Phi) is 4.40. The molecule has 0 radical (unpaired) electrons. The first-order valence-corrected chi connectivity index (χ1v) is 8.72. The molecule has 1 amide bonds. The van der Waals surface area contributed by atoms with Gasteiger partial charge in [0.15, 0.2) is 22.6 Å². The molecule has 2 aromatic carbocycles. The van der Waals surface area contributed by atoms with Crippen LogP contribution in [-0.2, 0) is 0 Å². The van der Waals surface area contributed by atoms with E-state index in [-0.39, 0.29) is 12.0 Å². The number of benzene rings is 2. The Bertz CT molecular complexity index is 926. The van der Waals surface area contributed by atoms with Crippen molar-refractivity contribution in [1.29, 1.82) is 0 Å². The number of carbonyl (C=O) groups is 1. The van der Waals surface area contributed by atoms with Crippen LogP contribution in [0.1, 0.15) is 21.5 Å². The Morgan fingerprint density at radius 3 is 2.69 bits per heavy atom. The van der Waals surface area contributed by atoms with E-state index in [4.69, 9.17) is 14.2 Å². The maximum atomic E-state index is 12.3. The lowest BCUT2D eigenvalue weighted by Crippen LogP contribution is -2.21. The van der Waals surface area contributed by atoms with Crippen molar-refractivity contribution in [1.82, 2.24) is 10.2 Å². The molecule has 1 aliphatic rings. The SMILES string of the molecule is COc1ccc(C(=O)Nc2nnc(C3COc4ccccc4O3)s2)cc1. The van der Waals surface area contributed by atoms with Crippen LogP contribution in [0.15, 0.2) is 48.5 Å². The Hall–Kier alpha value is -3.13. The zero-order valence-electron chi connectivity index (χ0n) is 13.8. The normalized spacial score (nSPS) is 15.3. The molecular weight excluding hydrogens is 354 g/mol. The van der Waals surface area contributed by atoms with E-state index in [1.807, 2.05) is 24.3 Å². The van der Waals surface area contributed by atoms with Gasteiger partial charge >= 0.3 is 0 Å². The number of methoxy groups -OCH3 is 1. The molecule has 1 unspecified atom stereocenters. The van der Waals surface area contributed by atoms with Gasteiger partial charge in [0, 0.05) is 5.56 Å². The molecule has 3 aromatic rings. The van der Waals surface area contributed by atoms with Gasteiger partial charge in [-0.25, -0.2) is 0 Å². The van der Waals surface area contributed by atoms with E-state index in [0.29, 0.717) is 39.6 Å². The van der Waals surface area contributed by atoms with E-state index in [1.165, 1.54) is 11.3 Å². The Balaban J connectivity index is 1.44. The number of fused-ring (bicyclic) bond motifs is 1. The minimum absolute atomic E-state index is 0.262. The number of anilines is 1. The van der Waals surface area contributed by atoms with Gasteiger partial charge in [0.1, 0.15) is 12.4 Å². The number of nitrogens with one attached hydrogen (secondary N) is 1. The molecule has 0 bridgehead atoms. The van der Waals surface area contributed by atoms with Gasteiger partial charge < -0.3 is 14.2 Å². The van der Waals surface area contributed by atoms with Crippen molar-refractivity contribution in [2.75, 3.05) is 19.0 Å². The van der Waals surface area contributed by atoms with Gasteiger partial charge in [0.2, 0.25) is 5.13 Å². The van der Waals surface area contributed by atoms with Gasteiger partial charge in [0.05, 0.1) is 7.11 Å². The summed E-state index contributed by atoms with van der Waals surface area (Å²) in [4.78, 5) is 12.3. The summed E-state index contributed by atoms with van der Waals surface area (Å²) in [5, 5.41) is 11.9. The van der Waals surface area contributed by atoms with Crippen LogP contribution in [0.3, 0.4) is 0 Å². The van der Waals surface area contributed by atoms with Crippen LogP contribution in [0, 0.1) is 0 Å². The van der Waals surface area contributed by atoms with Crippen molar-refractivity contribution < 1.29 is 19.0 Å². The number of nitrogens with zero attached hydrogens (tertiary/aromatic N) is 2. The van der Waals surface area contributed by atoms with Gasteiger partial charge in [-0.05, 0) is 36.4 Å². The summed E-state index contributed by atoms with van der Waals surface area (Å²) in [7, 11) is 1.58. The Morgan fingerprint density at radius 2 is 1.92 bits per heavy atom. The van der Waals surface area contributed by atoms with Crippen LogP contribution < -0.4 is 19.5 Å². The first-order valence-electron chi connectivity index (χ1n) is 7.90. The summed E-state index contributed by atoms with van der Waals surface area (Å²) in [6.07, 6.45) is -0.353. The number of amides is 1. The lowest BCUT2D eigenvalue weighted by Gasteiger charge is -2.24. The first kappa shape index (κ1) is 16.3. The summed E-state index contributed by atoms with van der Waals surface area (Å²) in [6.45, 7) is 0.345. The summed E-state index contributed by atoms with van der Waals surface area (Å²) in [6, 6.07) is 14.3. The number of aromatic nitrogens is 2. The van der Waals surface area contributed by atoms with Gasteiger partial charge in [-0.3, -0.25) is 10.1 Å². The minimum Gasteiger partial charge on any atom is -0.497 e. The third-order valence-corrected chi connectivity index (χ3v) is 4.73. The Morgan fingerprint density at radius 1 is 1.15 bits per heavy atom. The van der Waals surface area contributed by atoms with Crippen molar-refractivity contribution in [3.05, 3.63) is 59.1 Å². The lowest BCUT2D eigenvalue weighted by molar-refractivity contribution is 0.0906. The van der Waals surface area contributed by atoms with Crippen LogP contribution >= 0.6 is 11.3 Å². The summed E-state index contributed by atoms with van der Waals surface area (Å²) >= 11 is 1.26. The summed E-state index contributed by atoms with van der Waals surface area (Å²) in [5.41, 5.74) is 0.508. The van der Waals surface area contributed by atoms with Crippen molar-refractivity contribution in [2.24, 2.45) is 0 Å². The molecule has 7 nitrogen and oxygen atoms in total. The van der Waals surface area contributed by atoms with Crippen LogP contribution in [0.5, 0.6) is 17.2 Å². The van der Waals surface area contributed by atoms with Crippen molar-refractivity contribution in [2.45, 2.75) is 6.10 Å².